The first-order valence-electron chi connectivity index (χ1n) is 5.22. The molecule has 2 aliphatic rings. The van der Waals surface area contributed by atoms with Crippen molar-refractivity contribution in [2.75, 3.05) is 0 Å². The van der Waals surface area contributed by atoms with E-state index in [0.29, 0.717) is 9.80 Å². The molecule has 2 N–H and O–H groups in total. The maximum Gasteiger partial charge on any atom is 0.265 e. The minimum Gasteiger partial charge on any atom is -0.366 e. The maximum atomic E-state index is 11.7. The number of primary amides is 1. The van der Waals surface area contributed by atoms with Gasteiger partial charge in [0.1, 0.15) is 0 Å². The van der Waals surface area contributed by atoms with E-state index in [1.807, 2.05) is 0 Å². The molecule has 0 aromatic heterocycles. The highest BCUT2D eigenvalue weighted by Crippen LogP contribution is 2.27. The highest BCUT2D eigenvalue weighted by molar-refractivity contribution is 6.20. The van der Waals surface area contributed by atoms with Gasteiger partial charge in [0.15, 0.2) is 0 Å². The summed E-state index contributed by atoms with van der Waals surface area (Å²) in [6.07, 6.45) is 3.73. The Morgan fingerprint density at radius 1 is 0.895 bits per heavy atom. The molecule has 0 bridgehead atoms. The molecular formula is C11H9N3O5. The fourth-order valence-electron chi connectivity index (χ4n) is 1.98. The van der Waals surface area contributed by atoms with Crippen LogP contribution in [0.2, 0.25) is 0 Å². The SMILES string of the molecule is CC(C(N)=O)(N1C(=O)C=CC1=O)N1C(=O)C=CC1=O. The number of carbonyl (C=O) groups excluding carboxylic acids is 5. The summed E-state index contributed by atoms with van der Waals surface area (Å²) in [4.78, 5) is 59.2. The molecule has 8 heteroatoms. The summed E-state index contributed by atoms with van der Waals surface area (Å²) in [5.74, 6) is -4.45. The van der Waals surface area contributed by atoms with Crippen molar-refractivity contribution in [3.8, 4) is 0 Å². The van der Waals surface area contributed by atoms with E-state index in [2.05, 4.69) is 0 Å². The average Bonchev–Trinajstić information content (AvgIpc) is 2.82. The van der Waals surface area contributed by atoms with Gasteiger partial charge in [-0.1, -0.05) is 0 Å². The van der Waals surface area contributed by atoms with Gasteiger partial charge in [-0.25, -0.2) is 9.80 Å². The van der Waals surface area contributed by atoms with Gasteiger partial charge in [0.05, 0.1) is 0 Å². The van der Waals surface area contributed by atoms with Gasteiger partial charge in [0, 0.05) is 24.3 Å². The zero-order valence-electron chi connectivity index (χ0n) is 9.82. The van der Waals surface area contributed by atoms with E-state index in [-0.39, 0.29) is 0 Å². The first-order chi connectivity index (χ1) is 8.80. The quantitative estimate of drug-likeness (QED) is 0.593. The van der Waals surface area contributed by atoms with Gasteiger partial charge in [-0.15, -0.1) is 0 Å². The first kappa shape index (κ1) is 12.7. The van der Waals surface area contributed by atoms with E-state index in [1.54, 1.807) is 0 Å². The Bertz CT molecular complexity index is 511. The van der Waals surface area contributed by atoms with E-state index in [0.717, 1.165) is 31.2 Å². The van der Waals surface area contributed by atoms with Gasteiger partial charge in [0.25, 0.3) is 29.5 Å². The van der Waals surface area contributed by atoms with E-state index >= 15 is 0 Å². The smallest absolute Gasteiger partial charge is 0.265 e. The number of nitrogens with two attached hydrogens (primary N) is 1. The molecule has 0 aliphatic carbocycles. The summed E-state index contributed by atoms with van der Waals surface area (Å²) in [6, 6.07) is 0. The lowest BCUT2D eigenvalue weighted by Crippen LogP contribution is -2.68. The third-order valence-electron chi connectivity index (χ3n) is 2.96. The van der Waals surface area contributed by atoms with Crippen molar-refractivity contribution in [3.63, 3.8) is 0 Å². The number of imide groups is 2. The predicted molar refractivity (Wildman–Crippen MR) is 59.6 cm³/mol. The van der Waals surface area contributed by atoms with Crippen LogP contribution < -0.4 is 5.73 Å². The average molecular weight is 263 g/mol. The van der Waals surface area contributed by atoms with Crippen molar-refractivity contribution in [2.45, 2.75) is 12.6 Å². The summed E-state index contributed by atoms with van der Waals surface area (Å²) in [6.45, 7) is 1.07. The Hall–Kier alpha value is -2.77. The molecule has 2 heterocycles. The molecule has 0 fully saturated rings. The minimum atomic E-state index is -2.17. The fraction of sp³-hybridized carbons (Fsp3) is 0.182. The molecule has 19 heavy (non-hydrogen) atoms. The van der Waals surface area contributed by atoms with Gasteiger partial charge in [-0.05, 0) is 6.92 Å². The minimum absolute atomic E-state index is 0.484. The molecule has 0 spiro atoms. The van der Waals surface area contributed by atoms with Gasteiger partial charge in [-0.2, -0.15) is 0 Å². The van der Waals surface area contributed by atoms with Gasteiger partial charge < -0.3 is 5.73 Å². The van der Waals surface area contributed by atoms with Crippen molar-refractivity contribution in [1.82, 2.24) is 9.80 Å². The van der Waals surface area contributed by atoms with E-state index in [1.165, 1.54) is 0 Å². The normalized spacial score (nSPS) is 19.0. The molecule has 0 aromatic carbocycles. The second-order valence-corrected chi connectivity index (χ2v) is 4.08. The molecule has 0 radical (unpaired) electrons. The Labute approximate surface area is 107 Å². The standard InChI is InChI=1S/C11H9N3O5/c1-11(10(12)19,13-6(15)2-3-7(13)16)14-8(17)4-5-9(14)18/h2-5H,1H3,(H2,12,19). The number of carbonyl (C=O) groups is 5. The van der Waals surface area contributed by atoms with E-state index in [9.17, 15) is 24.0 Å². The van der Waals surface area contributed by atoms with Crippen LogP contribution in [-0.4, -0.2) is 45.0 Å². The van der Waals surface area contributed by atoms with Crippen LogP contribution in [0.4, 0.5) is 0 Å². The Morgan fingerprint density at radius 2 is 1.16 bits per heavy atom. The van der Waals surface area contributed by atoms with Crippen molar-refractivity contribution in [3.05, 3.63) is 24.3 Å². The van der Waals surface area contributed by atoms with Crippen molar-refractivity contribution in [2.24, 2.45) is 5.73 Å². The summed E-state index contributed by atoms with van der Waals surface area (Å²) < 4.78 is 0. The van der Waals surface area contributed by atoms with Crippen LogP contribution in [0.1, 0.15) is 6.92 Å². The van der Waals surface area contributed by atoms with Gasteiger partial charge in [0.2, 0.25) is 5.66 Å². The van der Waals surface area contributed by atoms with Crippen LogP contribution in [0.3, 0.4) is 0 Å². The van der Waals surface area contributed by atoms with Crippen molar-refractivity contribution < 1.29 is 24.0 Å². The summed E-state index contributed by atoms with van der Waals surface area (Å²) in [5, 5.41) is 0. The number of nitrogens with zero attached hydrogens (tertiary/aromatic N) is 2. The number of hydrogen-bond acceptors (Lipinski definition) is 5. The van der Waals surface area contributed by atoms with E-state index in [4.69, 9.17) is 5.73 Å². The Balaban J connectivity index is 2.54. The molecule has 0 saturated heterocycles. The summed E-state index contributed by atoms with van der Waals surface area (Å²) in [7, 11) is 0. The molecule has 0 aromatic rings. The van der Waals surface area contributed by atoms with Crippen LogP contribution in [0.15, 0.2) is 24.3 Å². The predicted octanol–water partition coefficient (Wildman–Crippen LogP) is -1.96. The number of amides is 5. The Morgan fingerprint density at radius 3 is 1.37 bits per heavy atom. The maximum absolute atomic E-state index is 11.7. The lowest BCUT2D eigenvalue weighted by Gasteiger charge is -2.39. The molecule has 2 aliphatic heterocycles. The van der Waals surface area contributed by atoms with Crippen molar-refractivity contribution in [1.29, 1.82) is 0 Å². The Kier molecular flexibility index (Phi) is 2.58. The molecule has 0 atom stereocenters. The zero-order chi connectivity index (χ0) is 14.4. The molecule has 0 unspecified atom stereocenters. The molecule has 98 valence electrons. The second kappa shape index (κ2) is 3.87. The third kappa shape index (κ3) is 1.57. The molecule has 5 amide bonds. The topological polar surface area (TPSA) is 118 Å². The van der Waals surface area contributed by atoms with Crippen LogP contribution in [0, 0.1) is 0 Å². The van der Waals surface area contributed by atoms with Crippen LogP contribution >= 0.6 is 0 Å². The summed E-state index contributed by atoms with van der Waals surface area (Å²) in [5.41, 5.74) is 3.02. The molecule has 0 saturated carbocycles. The fourth-order valence-corrected chi connectivity index (χ4v) is 1.98. The van der Waals surface area contributed by atoms with Crippen molar-refractivity contribution >= 4 is 29.5 Å². The van der Waals surface area contributed by atoms with Crippen LogP contribution in [0.25, 0.3) is 0 Å². The highest BCUT2D eigenvalue weighted by Gasteiger charge is 2.54. The largest absolute Gasteiger partial charge is 0.366 e. The zero-order valence-corrected chi connectivity index (χ0v) is 9.82. The first-order valence-corrected chi connectivity index (χ1v) is 5.22. The van der Waals surface area contributed by atoms with E-state index < -0.39 is 35.2 Å². The lowest BCUT2D eigenvalue weighted by atomic mass is 10.1. The van der Waals surface area contributed by atoms with Gasteiger partial charge >= 0.3 is 0 Å². The summed E-state index contributed by atoms with van der Waals surface area (Å²) >= 11 is 0. The van der Waals surface area contributed by atoms with Crippen LogP contribution in [0.5, 0.6) is 0 Å². The third-order valence-corrected chi connectivity index (χ3v) is 2.96. The molecule has 2 rings (SSSR count). The lowest BCUT2D eigenvalue weighted by molar-refractivity contribution is -0.169. The second-order valence-electron chi connectivity index (χ2n) is 4.08. The monoisotopic (exact) mass is 263 g/mol. The number of hydrogen-bond donors (Lipinski definition) is 1. The molecular weight excluding hydrogens is 254 g/mol. The van der Waals surface area contributed by atoms with Crippen LogP contribution in [-0.2, 0) is 24.0 Å². The van der Waals surface area contributed by atoms with Gasteiger partial charge in [-0.3, -0.25) is 24.0 Å². The highest BCUT2D eigenvalue weighted by atomic mass is 16.2. The number of rotatable bonds is 3. The molecule has 8 nitrogen and oxygen atoms in total.